The van der Waals surface area contributed by atoms with Crippen molar-refractivity contribution in [2.75, 3.05) is 6.54 Å². The second-order valence-electron chi connectivity index (χ2n) is 5.01. The van der Waals surface area contributed by atoms with Crippen LogP contribution in [0.25, 0.3) is 0 Å². The molecule has 1 aromatic heterocycles. The Morgan fingerprint density at radius 2 is 2.15 bits per heavy atom. The average Bonchev–Trinajstić information content (AvgIpc) is 2.85. The Labute approximate surface area is 124 Å². The lowest BCUT2D eigenvalue weighted by Crippen LogP contribution is -2.19. The van der Waals surface area contributed by atoms with Crippen LogP contribution < -0.4 is 10.1 Å². The van der Waals surface area contributed by atoms with Crippen LogP contribution >= 0.6 is 11.6 Å². The minimum atomic E-state index is 0.270. The Bertz CT molecular complexity index is 540. The number of halogens is 1. The predicted octanol–water partition coefficient (Wildman–Crippen LogP) is 3.65. The van der Waals surface area contributed by atoms with E-state index >= 15 is 0 Å². The standard InChI is InChI=1S/C15H19ClN2O2/c1-11(2)7-17-8-13-10-20-15(18-13)19-9-12-5-3-4-6-14(12)16/h3-6,10-11,17H,7-9H2,1-2H3. The zero-order chi connectivity index (χ0) is 14.4. The lowest BCUT2D eigenvalue weighted by atomic mass is 10.2. The molecular weight excluding hydrogens is 276 g/mol. The quantitative estimate of drug-likeness (QED) is 0.847. The van der Waals surface area contributed by atoms with E-state index in [1.807, 2.05) is 24.3 Å². The van der Waals surface area contributed by atoms with Crippen LogP contribution in [0, 0.1) is 5.92 Å². The summed E-state index contributed by atoms with van der Waals surface area (Å²) in [6, 6.07) is 7.55. The maximum atomic E-state index is 6.05. The summed E-state index contributed by atoms with van der Waals surface area (Å²) in [6.07, 6.45) is 1.88. The molecule has 0 saturated carbocycles. The van der Waals surface area contributed by atoms with Crippen LogP contribution in [0.5, 0.6) is 6.08 Å². The van der Waals surface area contributed by atoms with E-state index in [9.17, 15) is 0 Å². The summed E-state index contributed by atoms with van der Waals surface area (Å²) >= 11 is 6.05. The Morgan fingerprint density at radius 1 is 1.35 bits per heavy atom. The van der Waals surface area contributed by atoms with E-state index in [-0.39, 0.29) is 6.08 Å². The Hall–Kier alpha value is -1.52. The lowest BCUT2D eigenvalue weighted by molar-refractivity contribution is 0.220. The highest BCUT2D eigenvalue weighted by Gasteiger charge is 2.07. The largest absolute Gasteiger partial charge is 0.445 e. The minimum absolute atomic E-state index is 0.270. The topological polar surface area (TPSA) is 47.3 Å². The van der Waals surface area contributed by atoms with Crippen molar-refractivity contribution in [1.82, 2.24) is 10.3 Å². The third-order valence-corrected chi connectivity index (χ3v) is 3.07. The van der Waals surface area contributed by atoms with Gasteiger partial charge in [-0.15, -0.1) is 0 Å². The molecule has 0 aliphatic carbocycles. The fourth-order valence-electron chi connectivity index (χ4n) is 1.68. The number of aromatic nitrogens is 1. The highest BCUT2D eigenvalue weighted by molar-refractivity contribution is 6.31. The van der Waals surface area contributed by atoms with Gasteiger partial charge in [0.1, 0.15) is 12.9 Å². The molecule has 20 heavy (non-hydrogen) atoms. The first-order valence-electron chi connectivity index (χ1n) is 6.66. The fraction of sp³-hybridized carbons (Fsp3) is 0.400. The normalized spacial score (nSPS) is 11.0. The Balaban J connectivity index is 1.82. The van der Waals surface area contributed by atoms with Crippen molar-refractivity contribution in [3.63, 3.8) is 0 Å². The molecule has 0 unspecified atom stereocenters. The SMILES string of the molecule is CC(C)CNCc1coc(OCc2ccccc2Cl)n1. The third kappa shape index (κ3) is 4.54. The zero-order valence-corrected chi connectivity index (χ0v) is 12.5. The molecule has 0 amide bonds. The summed E-state index contributed by atoms with van der Waals surface area (Å²) in [7, 11) is 0. The van der Waals surface area contributed by atoms with E-state index in [0.717, 1.165) is 17.8 Å². The van der Waals surface area contributed by atoms with Gasteiger partial charge in [-0.1, -0.05) is 43.6 Å². The smallest absolute Gasteiger partial charge is 0.394 e. The second-order valence-corrected chi connectivity index (χ2v) is 5.42. The highest BCUT2D eigenvalue weighted by Crippen LogP contribution is 2.18. The van der Waals surface area contributed by atoms with E-state index < -0.39 is 0 Å². The molecule has 1 aromatic carbocycles. The molecule has 0 spiro atoms. The monoisotopic (exact) mass is 294 g/mol. The average molecular weight is 295 g/mol. The predicted molar refractivity (Wildman–Crippen MR) is 78.8 cm³/mol. The van der Waals surface area contributed by atoms with Crippen molar-refractivity contribution >= 4 is 11.6 Å². The summed E-state index contributed by atoms with van der Waals surface area (Å²) in [6.45, 7) is 6.29. The third-order valence-electron chi connectivity index (χ3n) is 2.70. The molecule has 0 fully saturated rings. The number of rotatable bonds is 7. The number of nitrogens with one attached hydrogen (secondary N) is 1. The maximum Gasteiger partial charge on any atom is 0.394 e. The summed E-state index contributed by atoms with van der Waals surface area (Å²) < 4.78 is 10.8. The minimum Gasteiger partial charge on any atom is -0.445 e. The summed E-state index contributed by atoms with van der Waals surface area (Å²) in [5, 5.41) is 3.98. The van der Waals surface area contributed by atoms with Crippen LogP contribution in [-0.2, 0) is 13.2 Å². The Morgan fingerprint density at radius 3 is 2.90 bits per heavy atom. The number of nitrogens with zero attached hydrogens (tertiary/aromatic N) is 1. The van der Waals surface area contributed by atoms with E-state index in [1.165, 1.54) is 0 Å². The molecule has 5 heteroatoms. The van der Waals surface area contributed by atoms with Crippen LogP contribution in [0.1, 0.15) is 25.1 Å². The number of ether oxygens (including phenoxy) is 1. The lowest BCUT2D eigenvalue weighted by Gasteiger charge is -2.04. The molecule has 2 rings (SSSR count). The molecule has 0 radical (unpaired) electrons. The number of oxazole rings is 1. The first-order chi connectivity index (χ1) is 9.65. The zero-order valence-electron chi connectivity index (χ0n) is 11.7. The van der Waals surface area contributed by atoms with Gasteiger partial charge < -0.3 is 14.5 Å². The van der Waals surface area contributed by atoms with Crippen molar-refractivity contribution in [3.8, 4) is 6.08 Å². The summed E-state index contributed by atoms with van der Waals surface area (Å²) in [5.74, 6) is 0.609. The van der Waals surface area contributed by atoms with Crippen molar-refractivity contribution in [2.24, 2.45) is 5.92 Å². The van der Waals surface area contributed by atoms with Crippen LogP contribution in [-0.4, -0.2) is 11.5 Å². The van der Waals surface area contributed by atoms with Gasteiger partial charge in [0, 0.05) is 17.1 Å². The molecule has 0 aliphatic heterocycles. The van der Waals surface area contributed by atoms with E-state index in [4.69, 9.17) is 20.8 Å². The first kappa shape index (κ1) is 14.9. The van der Waals surface area contributed by atoms with Crippen molar-refractivity contribution in [1.29, 1.82) is 0 Å². The van der Waals surface area contributed by atoms with Crippen LogP contribution in [0.4, 0.5) is 0 Å². The van der Waals surface area contributed by atoms with Gasteiger partial charge in [-0.3, -0.25) is 0 Å². The van der Waals surface area contributed by atoms with Gasteiger partial charge in [-0.2, -0.15) is 4.98 Å². The highest BCUT2D eigenvalue weighted by atomic mass is 35.5. The summed E-state index contributed by atoms with van der Waals surface area (Å²) in [5.41, 5.74) is 1.74. The Kier molecular flexibility index (Phi) is 5.44. The number of benzene rings is 1. The van der Waals surface area contributed by atoms with E-state index in [2.05, 4.69) is 24.1 Å². The van der Waals surface area contributed by atoms with Gasteiger partial charge >= 0.3 is 6.08 Å². The molecule has 108 valence electrons. The van der Waals surface area contributed by atoms with Gasteiger partial charge in [0.05, 0.1) is 5.69 Å². The van der Waals surface area contributed by atoms with Crippen molar-refractivity contribution < 1.29 is 9.15 Å². The molecule has 1 N–H and O–H groups in total. The van der Waals surface area contributed by atoms with E-state index in [1.54, 1.807) is 6.26 Å². The molecular formula is C15H19ClN2O2. The van der Waals surface area contributed by atoms with Gasteiger partial charge in [0.25, 0.3) is 0 Å². The van der Waals surface area contributed by atoms with Gasteiger partial charge in [0.2, 0.25) is 0 Å². The fourth-order valence-corrected chi connectivity index (χ4v) is 1.87. The molecule has 4 nitrogen and oxygen atoms in total. The first-order valence-corrected chi connectivity index (χ1v) is 7.04. The second kappa shape index (κ2) is 7.31. The molecule has 0 bridgehead atoms. The van der Waals surface area contributed by atoms with Gasteiger partial charge in [0.15, 0.2) is 0 Å². The van der Waals surface area contributed by atoms with Crippen molar-refractivity contribution in [2.45, 2.75) is 27.0 Å². The van der Waals surface area contributed by atoms with Crippen LogP contribution in [0.15, 0.2) is 34.9 Å². The van der Waals surface area contributed by atoms with E-state index in [0.29, 0.717) is 24.1 Å². The van der Waals surface area contributed by atoms with Crippen LogP contribution in [0.3, 0.4) is 0 Å². The van der Waals surface area contributed by atoms with Crippen LogP contribution in [0.2, 0.25) is 5.02 Å². The number of hydrogen-bond acceptors (Lipinski definition) is 4. The maximum absolute atomic E-state index is 6.05. The molecule has 0 saturated heterocycles. The number of hydrogen-bond donors (Lipinski definition) is 1. The van der Waals surface area contributed by atoms with Gasteiger partial charge in [-0.25, -0.2) is 0 Å². The van der Waals surface area contributed by atoms with Gasteiger partial charge in [-0.05, 0) is 18.5 Å². The molecule has 2 aromatic rings. The molecule has 0 atom stereocenters. The molecule has 1 heterocycles. The summed E-state index contributed by atoms with van der Waals surface area (Å²) in [4.78, 5) is 4.26. The molecule has 0 aliphatic rings. The van der Waals surface area contributed by atoms with Crippen molar-refractivity contribution in [3.05, 3.63) is 46.8 Å².